The second-order valence-corrected chi connectivity index (χ2v) is 6.29. The summed E-state index contributed by atoms with van der Waals surface area (Å²) >= 11 is 0. The fourth-order valence-corrected chi connectivity index (χ4v) is 3.27. The third-order valence-corrected chi connectivity index (χ3v) is 4.80. The van der Waals surface area contributed by atoms with E-state index in [9.17, 15) is 20.5 Å². The van der Waals surface area contributed by atoms with Crippen molar-refractivity contribution in [2.24, 2.45) is 0 Å². The highest BCUT2D eigenvalue weighted by Gasteiger charge is 2.36. The lowest BCUT2D eigenvalue weighted by atomic mass is 10.0. The molecule has 3 N–H and O–H groups in total. The number of hydrogen-bond donors (Lipinski definition) is 3. The van der Waals surface area contributed by atoms with Gasteiger partial charge in [0.05, 0.1) is 12.6 Å². The van der Waals surface area contributed by atoms with Gasteiger partial charge in [0.1, 0.15) is 11.4 Å². The van der Waals surface area contributed by atoms with Crippen molar-refractivity contribution in [1.29, 1.82) is 0 Å². The fraction of sp³-hybridized carbons (Fsp3) is 0.333. The van der Waals surface area contributed by atoms with E-state index in [0.29, 0.717) is 25.1 Å². The van der Waals surface area contributed by atoms with Crippen molar-refractivity contribution in [3.05, 3.63) is 52.7 Å². The Labute approximate surface area is 135 Å². The first kappa shape index (κ1) is 15.6. The van der Waals surface area contributed by atoms with Gasteiger partial charge in [0.15, 0.2) is 11.5 Å². The van der Waals surface area contributed by atoms with Gasteiger partial charge in [-0.3, -0.25) is 0 Å². The molecule has 1 heterocycles. The van der Waals surface area contributed by atoms with Crippen molar-refractivity contribution in [3.63, 3.8) is 0 Å². The summed E-state index contributed by atoms with van der Waals surface area (Å²) in [6.45, 7) is 2.35. The standard InChI is InChI=1S/C18H21NO4/c1-12(2-3-13-4-6-15(20)7-5-13)19(23)9-8-14-10-17(21)18(22)11-16(14)19/h4-7,10-12,20-22H,2-3,8-9H2,1H3. The molecule has 2 aromatic rings. The van der Waals surface area contributed by atoms with E-state index in [0.717, 1.165) is 17.5 Å². The third-order valence-electron chi connectivity index (χ3n) is 4.80. The Morgan fingerprint density at radius 2 is 1.74 bits per heavy atom. The predicted molar refractivity (Wildman–Crippen MR) is 89.4 cm³/mol. The van der Waals surface area contributed by atoms with E-state index in [1.807, 2.05) is 19.1 Å². The second kappa shape index (κ2) is 5.76. The molecule has 2 aromatic carbocycles. The molecule has 122 valence electrons. The van der Waals surface area contributed by atoms with Gasteiger partial charge in [-0.15, -0.1) is 0 Å². The largest absolute Gasteiger partial charge is 0.627 e. The zero-order chi connectivity index (χ0) is 16.6. The van der Waals surface area contributed by atoms with Gasteiger partial charge in [-0.25, -0.2) is 0 Å². The van der Waals surface area contributed by atoms with Gasteiger partial charge in [-0.1, -0.05) is 12.1 Å². The van der Waals surface area contributed by atoms with Crippen LogP contribution in [0.15, 0.2) is 36.4 Å². The normalized spacial score (nSPS) is 21.1. The lowest BCUT2D eigenvalue weighted by Crippen LogP contribution is -2.49. The molecule has 0 fully saturated rings. The van der Waals surface area contributed by atoms with Crippen molar-refractivity contribution in [2.45, 2.75) is 32.2 Å². The van der Waals surface area contributed by atoms with Gasteiger partial charge in [0, 0.05) is 24.5 Å². The number of benzene rings is 2. The summed E-state index contributed by atoms with van der Waals surface area (Å²) in [7, 11) is 0. The van der Waals surface area contributed by atoms with Crippen LogP contribution in [0.3, 0.4) is 0 Å². The quantitative estimate of drug-likeness (QED) is 0.459. The van der Waals surface area contributed by atoms with E-state index >= 15 is 0 Å². The highest BCUT2D eigenvalue weighted by molar-refractivity contribution is 5.62. The van der Waals surface area contributed by atoms with Crippen LogP contribution in [0.5, 0.6) is 17.2 Å². The van der Waals surface area contributed by atoms with Crippen LogP contribution in [0.4, 0.5) is 5.69 Å². The van der Waals surface area contributed by atoms with Crippen LogP contribution in [0.1, 0.15) is 24.5 Å². The van der Waals surface area contributed by atoms with Crippen molar-refractivity contribution in [2.75, 3.05) is 6.54 Å². The second-order valence-electron chi connectivity index (χ2n) is 6.29. The molecular weight excluding hydrogens is 294 g/mol. The molecule has 0 aliphatic carbocycles. The number of phenols is 3. The maximum atomic E-state index is 13.3. The number of phenolic OH excluding ortho intramolecular Hbond substituents is 3. The Bertz CT molecular complexity index is 714. The Morgan fingerprint density at radius 1 is 1.09 bits per heavy atom. The monoisotopic (exact) mass is 315 g/mol. The summed E-state index contributed by atoms with van der Waals surface area (Å²) in [6, 6.07) is 9.75. The maximum Gasteiger partial charge on any atom is 0.163 e. The SMILES string of the molecule is CC(CCc1ccc(O)cc1)[N+]1([O-])CCc2cc(O)c(O)cc21. The predicted octanol–water partition coefficient (Wildman–Crippen LogP) is 3.19. The molecule has 0 amide bonds. The van der Waals surface area contributed by atoms with Gasteiger partial charge in [-0.2, -0.15) is 0 Å². The first-order chi connectivity index (χ1) is 10.9. The van der Waals surface area contributed by atoms with E-state index in [1.54, 1.807) is 12.1 Å². The van der Waals surface area contributed by atoms with Gasteiger partial charge in [0.2, 0.25) is 0 Å². The number of rotatable bonds is 4. The minimum Gasteiger partial charge on any atom is -0.627 e. The average Bonchev–Trinajstić information content (AvgIpc) is 2.85. The molecule has 1 aliphatic rings. The first-order valence-corrected chi connectivity index (χ1v) is 7.82. The Morgan fingerprint density at radius 3 is 2.43 bits per heavy atom. The molecular formula is C18H21NO4. The van der Waals surface area contributed by atoms with Gasteiger partial charge in [0.25, 0.3) is 0 Å². The number of aromatic hydroxyl groups is 3. The molecule has 1 aliphatic heterocycles. The number of hydrogen-bond acceptors (Lipinski definition) is 4. The zero-order valence-corrected chi connectivity index (χ0v) is 13.1. The molecule has 2 unspecified atom stereocenters. The van der Waals surface area contributed by atoms with Crippen LogP contribution < -0.4 is 4.65 Å². The molecule has 5 heteroatoms. The molecule has 23 heavy (non-hydrogen) atoms. The molecule has 0 spiro atoms. The average molecular weight is 315 g/mol. The molecule has 3 rings (SSSR count). The minimum absolute atomic E-state index is 0.158. The summed E-state index contributed by atoms with van der Waals surface area (Å²) < 4.78 is -0.471. The Hall–Kier alpha value is -2.24. The van der Waals surface area contributed by atoms with E-state index in [2.05, 4.69) is 0 Å². The van der Waals surface area contributed by atoms with Crippen molar-refractivity contribution < 1.29 is 15.3 Å². The number of aryl methyl sites for hydroxylation is 1. The first-order valence-electron chi connectivity index (χ1n) is 7.82. The topological polar surface area (TPSA) is 83.8 Å². The van der Waals surface area contributed by atoms with E-state index in [4.69, 9.17) is 0 Å². The Balaban J connectivity index is 1.76. The fourth-order valence-electron chi connectivity index (χ4n) is 3.27. The summed E-state index contributed by atoms with van der Waals surface area (Å²) in [6.07, 6.45) is 2.06. The minimum atomic E-state index is -0.471. The van der Waals surface area contributed by atoms with Crippen molar-refractivity contribution >= 4 is 5.69 Å². The number of quaternary nitrogens is 1. The smallest absolute Gasteiger partial charge is 0.163 e. The highest BCUT2D eigenvalue weighted by Crippen LogP contribution is 2.42. The van der Waals surface area contributed by atoms with Crippen molar-refractivity contribution in [3.8, 4) is 17.2 Å². The van der Waals surface area contributed by atoms with Crippen LogP contribution in [0, 0.1) is 5.21 Å². The molecule has 0 aromatic heterocycles. The zero-order valence-electron chi connectivity index (χ0n) is 13.1. The van der Waals surface area contributed by atoms with E-state index in [1.165, 1.54) is 12.1 Å². The molecule has 0 saturated carbocycles. The van der Waals surface area contributed by atoms with E-state index < -0.39 is 4.65 Å². The van der Waals surface area contributed by atoms with Crippen LogP contribution in [-0.2, 0) is 12.8 Å². The number of fused-ring (bicyclic) bond motifs is 1. The third kappa shape index (κ3) is 2.85. The molecule has 0 radical (unpaired) electrons. The summed E-state index contributed by atoms with van der Waals surface area (Å²) in [5.74, 6) is -0.179. The van der Waals surface area contributed by atoms with Crippen LogP contribution in [-0.4, -0.2) is 27.9 Å². The maximum absolute atomic E-state index is 13.3. The Kier molecular flexibility index (Phi) is 3.92. The highest BCUT2D eigenvalue weighted by atomic mass is 16.5. The summed E-state index contributed by atoms with van der Waals surface area (Å²) in [5, 5.41) is 41.9. The summed E-state index contributed by atoms with van der Waals surface area (Å²) in [4.78, 5) is 0. The summed E-state index contributed by atoms with van der Waals surface area (Å²) in [5.41, 5.74) is 2.44. The lowest BCUT2D eigenvalue weighted by Gasteiger charge is -2.44. The van der Waals surface area contributed by atoms with Crippen LogP contribution in [0.25, 0.3) is 0 Å². The van der Waals surface area contributed by atoms with Crippen LogP contribution in [0.2, 0.25) is 0 Å². The molecule has 2 atom stereocenters. The van der Waals surface area contributed by atoms with Gasteiger partial charge < -0.3 is 25.2 Å². The lowest BCUT2D eigenvalue weighted by molar-refractivity contribution is 0.298. The van der Waals surface area contributed by atoms with E-state index in [-0.39, 0.29) is 23.3 Å². The van der Waals surface area contributed by atoms with Gasteiger partial charge in [-0.05, 0) is 37.1 Å². The number of hydroxylamine groups is 2. The van der Waals surface area contributed by atoms with Crippen molar-refractivity contribution in [1.82, 2.24) is 4.65 Å². The molecule has 0 saturated heterocycles. The van der Waals surface area contributed by atoms with Crippen LogP contribution >= 0.6 is 0 Å². The molecule has 5 nitrogen and oxygen atoms in total. The number of nitrogens with zero attached hydrogens (tertiary/aromatic N) is 1. The van der Waals surface area contributed by atoms with Gasteiger partial charge >= 0.3 is 0 Å². The molecule has 0 bridgehead atoms.